The number of aromatic carboxylic acids is 1. The standard InChI is InChI=1S/C8H5IN4O2/c9-7-5(8(14)15)4-11-13(7)6-2-1-3-10-12-6/h1-4H,(H,14,15). The van der Waals surface area contributed by atoms with E-state index in [1.54, 1.807) is 12.1 Å². The molecule has 0 radical (unpaired) electrons. The molecule has 0 atom stereocenters. The molecule has 0 fully saturated rings. The normalized spacial score (nSPS) is 10.2. The van der Waals surface area contributed by atoms with E-state index in [0.717, 1.165) is 0 Å². The van der Waals surface area contributed by atoms with Crippen molar-refractivity contribution in [2.45, 2.75) is 0 Å². The molecule has 0 saturated carbocycles. The molecule has 2 heterocycles. The first kappa shape index (κ1) is 10.0. The van der Waals surface area contributed by atoms with Gasteiger partial charge in [0, 0.05) is 6.20 Å². The van der Waals surface area contributed by atoms with Gasteiger partial charge in [-0.2, -0.15) is 10.2 Å². The molecule has 2 aromatic heterocycles. The van der Waals surface area contributed by atoms with Gasteiger partial charge in [-0.05, 0) is 34.7 Å². The Kier molecular flexibility index (Phi) is 2.62. The first-order chi connectivity index (χ1) is 7.20. The van der Waals surface area contributed by atoms with Crippen LogP contribution in [0.25, 0.3) is 5.82 Å². The molecule has 15 heavy (non-hydrogen) atoms. The van der Waals surface area contributed by atoms with Crippen LogP contribution in [0.2, 0.25) is 0 Å². The maximum Gasteiger partial charge on any atom is 0.340 e. The molecule has 0 unspecified atom stereocenters. The van der Waals surface area contributed by atoms with Gasteiger partial charge in [0.2, 0.25) is 0 Å². The zero-order valence-corrected chi connectivity index (χ0v) is 9.49. The Bertz CT molecular complexity index is 497. The fourth-order valence-corrected chi connectivity index (χ4v) is 1.78. The molecular formula is C8H5IN4O2. The van der Waals surface area contributed by atoms with Crippen LogP contribution in [-0.2, 0) is 0 Å². The van der Waals surface area contributed by atoms with Gasteiger partial charge in [0.1, 0.15) is 9.26 Å². The van der Waals surface area contributed by atoms with E-state index in [1.165, 1.54) is 17.1 Å². The average Bonchev–Trinajstić information content (AvgIpc) is 2.61. The smallest absolute Gasteiger partial charge is 0.340 e. The lowest BCUT2D eigenvalue weighted by Gasteiger charge is -1.99. The highest BCUT2D eigenvalue weighted by Crippen LogP contribution is 2.14. The van der Waals surface area contributed by atoms with Crippen LogP contribution in [0.1, 0.15) is 10.4 Å². The van der Waals surface area contributed by atoms with Gasteiger partial charge in [-0.3, -0.25) is 0 Å². The molecule has 76 valence electrons. The highest BCUT2D eigenvalue weighted by atomic mass is 127. The third-order valence-corrected chi connectivity index (χ3v) is 2.75. The fraction of sp³-hybridized carbons (Fsp3) is 0. The molecule has 0 spiro atoms. The zero-order chi connectivity index (χ0) is 10.8. The molecular weight excluding hydrogens is 311 g/mol. The Labute approximate surface area is 98.1 Å². The van der Waals surface area contributed by atoms with E-state index in [2.05, 4.69) is 15.3 Å². The average molecular weight is 316 g/mol. The van der Waals surface area contributed by atoms with Crippen LogP contribution in [0.5, 0.6) is 0 Å². The summed E-state index contributed by atoms with van der Waals surface area (Å²) in [5.41, 5.74) is 0.154. The van der Waals surface area contributed by atoms with Crippen LogP contribution in [0.3, 0.4) is 0 Å². The summed E-state index contributed by atoms with van der Waals surface area (Å²) in [5, 5.41) is 20.3. The van der Waals surface area contributed by atoms with E-state index in [-0.39, 0.29) is 5.56 Å². The molecule has 7 heteroatoms. The molecule has 0 aliphatic rings. The topological polar surface area (TPSA) is 80.9 Å². The van der Waals surface area contributed by atoms with E-state index < -0.39 is 5.97 Å². The summed E-state index contributed by atoms with van der Waals surface area (Å²) >= 11 is 1.91. The van der Waals surface area contributed by atoms with Crippen molar-refractivity contribution >= 4 is 28.6 Å². The summed E-state index contributed by atoms with van der Waals surface area (Å²) in [7, 11) is 0. The van der Waals surface area contributed by atoms with Crippen molar-refractivity contribution < 1.29 is 9.90 Å². The minimum absolute atomic E-state index is 0.154. The highest BCUT2D eigenvalue weighted by Gasteiger charge is 2.15. The van der Waals surface area contributed by atoms with E-state index in [0.29, 0.717) is 9.52 Å². The van der Waals surface area contributed by atoms with Crippen molar-refractivity contribution in [1.29, 1.82) is 0 Å². The molecule has 0 bridgehead atoms. The second kappa shape index (κ2) is 3.93. The highest BCUT2D eigenvalue weighted by molar-refractivity contribution is 14.1. The molecule has 0 aliphatic heterocycles. The van der Waals surface area contributed by atoms with Gasteiger partial charge < -0.3 is 5.11 Å². The monoisotopic (exact) mass is 316 g/mol. The van der Waals surface area contributed by atoms with Gasteiger partial charge in [-0.25, -0.2) is 9.48 Å². The quantitative estimate of drug-likeness (QED) is 0.835. The van der Waals surface area contributed by atoms with Crippen molar-refractivity contribution in [1.82, 2.24) is 20.0 Å². The predicted molar refractivity (Wildman–Crippen MR) is 58.8 cm³/mol. The number of carboxylic acid groups (broad SMARTS) is 1. The van der Waals surface area contributed by atoms with Crippen LogP contribution in [0.15, 0.2) is 24.5 Å². The van der Waals surface area contributed by atoms with Crippen LogP contribution >= 0.6 is 22.6 Å². The number of rotatable bonds is 2. The van der Waals surface area contributed by atoms with Crippen molar-refractivity contribution in [2.75, 3.05) is 0 Å². The molecule has 1 N–H and O–H groups in total. The van der Waals surface area contributed by atoms with Crippen LogP contribution < -0.4 is 0 Å². The molecule has 6 nitrogen and oxygen atoms in total. The number of halogens is 1. The summed E-state index contributed by atoms with van der Waals surface area (Å²) in [6.07, 6.45) is 2.83. The number of hydrogen-bond acceptors (Lipinski definition) is 4. The molecule has 2 rings (SSSR count). The Hall–Kier alpha value is -1.51. The summed E-state index contributed by atoms with van der Waals surface area (Å²) in [6.45, 7) is 0. The minimum atomic E-state index is -1.01. The Balaban J connectivity index is 2.52. The second-order valence-electron chi connectivity index (χ2n) is 2.65. The van der Waals surface area contributed by atoms with E-state index in [1.807, 2.05) is 22.6 Å². The number of carbonyl (C=O) groups is 1. The number of hydrogen-bond donors (Lipinski definition) is 1. The lowest BCUT2D eigenvalue weighted by atomic mass is 10.4. The number of carboxylic acids is 1. The fourth-order valence-electron chi connectivity index (χ4n) is 1.04. The summed E-state index contributed by atoms with van der Waals surface area (Å²) < 4.78 is 1.93. The second-order valence-corrected chi connectivity index (χ2v) is 3.67. The van der Waals surface area contributed by atoms with Crippen molar-refractivity contribution in [3.05, 3.63) is 33.8 Å². The van der Waals surface area contributed by atoms with Crippen LogP contribution in [0.4, 0.5) is 0 Å². The maximum absolute atomic E-state index is 10.8. The maximum atomic E-state index is 10.8. The van der Waals surface area contributed by atoms with Gasteiger partial charge in [0.25, 0.3) is 0 Å². The third-order valence-electron chi connectivity index (χ3n) is 1.72. The first-order valence-electron chi connectivity index (χ1n) is 3.95. The van der Waals surface area contributed by atoms with Crippen LogP contribution in [-0.4, -0.2) is 31.1 Å². The molecule has 0 saturated heterocycles. The molecule has 0 aliphatic carbocycles. The number of nitrogens with zero attached hydrogens (tertiary/aromatic N) is 4. The van der Waals surface area contributed by atoms with Gasteiger partial charge in [-0.1, -0.05) is 0 Å². The molecule has 0 aromatic carbocycles. The lowest BCUT2D eigenvalue weighted by Crippen LogP contribution is -2.04. The van der Waals surface area contributed by atoms with E-state index >= 15 is 0 Å². The Morgan fingerprint density at radius 3 is 2.87 bits per heavy atom. The van der Waals surface area contributed by atoms with E-state index in [4.69, 9.17) is 5.11 Å². The van der Waals surface area contributed by atoms with Crippen molar-refractivity contribution in [2.24, 2.45) is 0 Å². The van der Waals surface area contributed by atoms with Crippen molar-refractivity contribution in [3.63, 3.8) is 0 Å². The van der Waals surface area contributed by atoms with Gasteiger partial charge in [-0.15, -0.1) is 5.10 Å². The SMILES string of the molecule is O=C(O)c1cnn(-c2cccnn2)c1I. The summed E-state index contributed by atoms with van der Waals surface area (Å²) in [4.78, 5) is 10.8. The van der Waals surface area contributed by atoms with Crippen molar-refractivity contribution in [3.8, 4) is 5.82 Å². The first-order valence-corrected chi connectivity index (χ1v) is 5.03. The zero-order valence-electron chi connectivity index (χ0n) is 7.33. The minimum Gasteiger partial charge on any atom is -0.478 e. The number of aromatic nitrogens is 4. The Morgan fingerprint density at radius 1 is 1.53 bits per heavy atom. The third kappa shape index (κ3) is 1.82. The molecule has 2 aromatic rings. The largest absolute Gasteiger partial charge is 0.478 e. The van der Waals surface area contributed by atoms with Crippen LogP contribution in [0, 0.1) is 3.70 Å². The van der Waals surface area contributed by atoms with Gasteiger partial charge in [0.15, 0.2) is 5.82 Å². The summed E-state index contributed by atoms with van der Waals surface area (Å²) in [6, 6.07) is 3.41. The van der Waals surface area contributed by atoms with Gasteiger partial charge >= 0.3 is 5.97 Å². The lowest BCUT2D eigenvalue weighted by molar-refractivity contribution is 0.0695. The summed E-state index contributed by atoms with van der Waals surface area (Å²) in [5.74, 6) is -0.510. The Morgan fingerprint density at radius 2 is 2.33 bits per heavy atom. The predicted octanol–water partition coefficient (Wildman–Crippen LogP) is 0.965. The van der Waals surface area contributed by atoms with E-state index in [9.17, 15) is 4.79 Å². The van der Waals surface area contributed by atoms with Gasteiger partial charge in [0.05, 0.1) is 6.20 Å². The molecule has 0 amide bonds.